The minimum atomic E-state index is -0.468. The van der Waals surface area contributed by atoms with Crippen LogP contribution in [0, 0.1) is 20.8 Å². The zero-order valence-electron chi connectivity index (χ0n) is 11.3. The van der Waals surface area contributed by atoms with Crippen LogP contribution in [-0.4, -0.2) is 15.7 Å². The van der Waals surface area contributed by atoms with Crippen molar-refractivity contribution < 1.29 is 9.53 Å². The number of carbonyl (C=O) groups excluding carboxylic acids is 1. The van der Waals surface area contributed by atoms with Gasteiger partial charge in [-0.25, -0.2) is 4.79 Å². The zero-order chi connectivity index (χ0) is 14.2. The fraction of sp³-hybridized carbons (Fsp3) is 0.286. The Balaban J connectivity index is 2.24. The quantitative estimate of drug-likeness (QED) is 0.626. The number of carbonyl (C=O) groups is 1. The number of hydrogen-bond acceptors (Lipinski definition) is 3. The highest BCUT2D eigenvalue weighted by Gasteiger charge is 2.14. The van der Waals surface area contributed by atoms with Gasteiger partial charge in [-0.15, -0.1) is 0 Å². The number of aromatic nitrogens is 2. The maximum absolute atomic E-state index is 12.0. The van der Waals surface area contributed by atoms with E-state index in [0.717, 1.165) is 16.8 Å². The highest BCUT2D eigenvalue weighted by Crippen LogP contribution is 2.26. The van der Waals surface area contributed by atoms with Crippen molar-refractivity contribution in [2.24, 2.45) is 7.05 Å². The summed E-state index contributed by atoms with van der Waals surface area (Å²) in [6.07, 6.45) is 0. The molecule has 0 aliphatic heterocycles. The molecule has 2 rings (SSSR count). The van der Waals surface area contributed by atoms with Crippen molar-refractivity contribution in [1.29, 1.82) is 0 Å². The average Bonchev–Trinajstić information content (AvgIpc) is 2.66. The lowest BCUT2D eigenvalue weighted by molar-refractivity contribution is 0.0727. The Morgan fingerprint density at radius 3 is 2.26 bits per heavy atom. The Morgan fingerprint density at radius 2 is 1.79 bits per heavy atom. The largest absolute Gasteiger partial charge is 0.422 e. The molecule has 0 saturated heterocycles. The predicted molar refractivity (Wildman–Crippen MR) is 73.8 cm³/mol. The normalized spacial score (nSPS) is 10.6. The van der Waals surface area contributed by atoms with E-state index in [1.807, 2.05) is 20.8 Å². The van der Waals surface area contributed by atoms with Gasteiger partial charge in [0.15, 0.2) is 5.69 Å². The molecule has 1 aromatic carbocycles. The van der Waals surface area contributed by atoms with Gasteiger partial charge in [0, 0.05) is 17.8 Å². The summed E-state index contributed by atoms with van der Waals surface area (Å²) in [4.78, 5) is 12.0. The summed E-state index contributed by atoms with van der Waals surface area (Å²) >= 11 is 6.07. The summed E-state index contributed by atoms with van der Waals surface area (Å²) in [5.41, 5.74) is 2.95. The van der Waals surface area contributed by atoms with Crippen LogP contribution in [0.2, 0.25) is 5.02 Å². The van der Waals surface area contributed by atoms with E-state index in [2.05, 4.69) is 5.10 Å². The predicted octanol–water partition coefficient (Wildman–Crippen LogP) is 3.22. The lowest BCUT2D eigenvalue weighted by atomic mass is 10.1. The van der Waals surface area contributed by atoms with Gasteiger partial charge in [-0.3, -0.25) is 4.68 Å². The van der Waals surface area contributed by atoms with E-state index in [4.69, 9.17) is 16.3 Å². The van der Waals surface area contributed by atoms with Gasteiger partial charge in [0.1, 0.15) is 5.75 Å². The zero-order valence-corrected chi connectivity index (χ0v) is 12.1. The Hall–Kier alpha value is -1.81. The van der Waals surface area contributed by atoms with Crippen LogP contribution in [0.3, 0.4) is 0 Å². The van der Waals surface area contributed by atoms with E-state index < -0.39 is 5.97 Å². The number of halogens is 1. The number of hydrogen-bond donors (Lipinski definition) is 0. The molecular formula is C14H15ClN2O2. The second kappa shape index (κ2) is 5.05. The maximum Gasteiger partial charge on any atom is 0.364 e. The molecule has 0 unspecified atom stereocenters. The first-order chi connectivity index (χ1) is 8.88. The molecule has 0 amide bonds. The molecular weight excluding hydrogens is 264 g/mol. The molecule has 0 spiro atoms. The van der Waals surface area contributed by atoms with Crippen LogP contribution in [0.4, 0.5) is 0 Å². The molecule has 19 heavy (non-hydrogen) atoms. The first-order valence-corrected chi connectivity index (χ1v) is 6.26. The van der Waals surface area contributed by atoms with Crippen LogP contribution in [-0.2, 0) is 7.05 Å². The molecule has 0 fully saturated rings. The summed E-state index contributed by atoms with van der Waals surface area (Å²) < 4.78 is 6.95. The van der Waals surface area contributed by atoms with E-state index in [-0.39, 0.29) is 0 Å². The highest BCUT2D eigenvalue weighted by molar-refractivity contribution is 6.32. The maximum atomic E-state index is 12.0. The summed E-state index contributed by atoms with van der Waals surface area (Å²) in [5, 5.41) is 4.77. The highest BCUT2D eigenvalue weighted by atomic mass is 35.5. The number of nitrogens with zero attached hydrogens (tertiary/aromatic N) is 2. The number of rotatable bonds is 2. The van der Waals surface area contributed by atoms with E-state index in [1.54, 1.807) is 29.9 Å². The third-order valence-corrected chi connectivity index (χ3v) is 3.54. The van der Waals surface area contributed by atoms with Crippen LogP contribution in [0.5, 0.6) is 5.75 Å². The summed E-state index contributed by atoms with van der Waals surface area (Å²) in [6, 6.07) is 5.17. The molecule has 0 saturated carbocycles. The monoisotopic (exact) mass is 278 g/mol. The summed E-state index contributed by atoms with van der Waals surface area (Å²) in [6.45, 7) is 5.62. The summed E-state index contributed by atoms with van der Waals surface area (Å²) in [7, 11) is 1.78. The molecule has 100 valence electrons. The second-order valence-electron chi connectivity index (χ2n) is 4.56. The van der Waals surface area contributed by atoms with Gasteiger partial charge in [0.25, 0.3) is 0 Å². The minimum Gasteiger partial charge on any atom is -0.422 e. The Morgan fingerprint density at radius 1 is 1.21 bits per heavy atom. The van der Waals surface area contributed by atoms with Gasteiger partial charge >= 0.3 is 5.97 Å². The fourth-order valence-electron chi connectivity index (χ4n) is 1.78. The average molecular weight is 279 g/mol. The lowest BCUT2D eigenvalue weighted by Gasteiger charge is -2.07. The van der Waals surface area contributed by atoms with E-state index in [9.17, 15) is 4.79 Å². The lowest BCUT2D eigenvalue weighted by Crippen LogP contribution is -2.10. The van der Waals surface area contributed by atoms with Crippen molar-refractivity contribution in [2.75, 3.05) is 0 Å². The van der Waals surface area contributed by atoms with Gasteiger partial charge in [0.05, 0.1) is 0 Å². The molecule has 0 aliphatic carbocycles. The Kier molecular flexibility index (Phi) is 3.62. The van der Waals surface area contributed by atoms with Crippen LogP contribution < -0.4 is 4.74 Å². The number of benzene rings is 1. The van der Waals surface area contributed by atoms with Crippen molar-refractivity contribution in [3.05, 3.63) is 45.7 Å². The first-order valence-electron chi connectivity index (χ1n) is 5.88. The minimum absolute atomic E-state index is 0.297. The summed E-state index contributed by atoms with van der Waals surface area (Å²) in [5.74, 6) is 0.0116. The molecule has 0 bridgehead atoms. The van der Waals surface area contributed by atoms with Crippen molar-refractivity contribution in [2.45, 2.75) is 20.8 Å². The number of ether oxygens (including phenoxy) is 1. The van der Waals surface area contributed by atoms with E-state index in [1.165, 1.54) is 0 Å². The molecule has 0 radical (unpaired) electrons. The van der Waals surface area contributed by atoms with Gasteiger partial charge in [-0.05, 0) is 50.1 Å². The van der Waals surface area contributed by atoms with Gasteiger partial charge < -0.3 is 4.74 Å². The molecule has 0 N–H and O–H groups in total. The molecule has 1 aromatic heterocycles. The molecule has 0 aliphatic rings. The smallest absolute Gasteiger partial charge is 0.364 e. The van der Waals surface area contributed by atoms with Crippen molar-refractivity contribution in [3.63, 3.8) is 0 Å². The SMILES string of the molecule is Cc1cc(OC(=O)c2cc(C)n(C)n2)cc(C)c1Cl. The van der Waals surface area contributed by atoms with Crippen molar-refractivity contribution in [1.82, 2.24) is 9.78 Å². The fourth-order valence-corrected chi connectivity index (χ4v) is 1.89. The van der Waals surface area contributed by atoms with Crippen LogP contribution in [0.25, 0.3) is 0 Å². The molecule has 2 aromatic rings. The second-order valence-corrected chi connectivity index (χ2v) is 4.93. The van der Waals surface area contributed by atoms with Crippen LogP contribution in [0.15, 0.2) is 18.2 Å². The van der Waals surface area contributed by atoms with Gasteiger partial charge in [-0.1, -0.05) is 11.6 Å². The molecule has 1 heterocycles. The topological polar surface area (TPSA) is 44.1 Å². The van der Waals surface area contributed by atoms with Gasteiger partial charge in [-0.2, -0.15) is 5.10 Å². The van der Waals surface area contributed by atoms with Gasteiger partial charge in [0.2, 0.25) is 0 Å². The van der Waals surface area contributed by atoms with Crippen molar-refractivity contribution in [3.8, 4) is 5.75 Å². The number of esters is 1. The number of aryl methyl sites for hydroxylation is 4. The Labute approximate surface area is 116 Å². The third-order valence-electron chi connectivity index (χ3n) is 2.94. The van der Waals surface area contributed by atoms with Crippen LogP contribution in [0.1, 0.15) is 27.3 Å². The molecule has 4 nitrogen and oxygen atoms in total. The molecule has 0 atom stereocenters. The third kappa shape index (κ3) is 2.79. The standard InChI is InChI=1S/C14H15ClN2O2/c1-8-5-11(6-9(2)13(8)15)19-14(18)12-7-10(3)17(4)16-12/h5-7H,1-4H3. The van der Waals surface area contributed by atoms with Crippen molar-refractivity contribution >= 4 is 17.6 Å². The first kappa shape index (κ1) is 13.6. The van der Waals surface area contributed by atoms with E-state index in [0.29, 0.717) is 16.5 Å². The molecule has 5 heteroatoms. The van der Waals surface area contributed by atoms with E-state index >= 15 is 0 Å². The Bertz CT molecular complexity index is 604. The van der Waals surface area contributed by atoms with Crippen LogP contribution >= 0.6 is 11.6 Å².